The number of amides is 2. The molecule has 0 saturated carbocycles. The van der Waals surface area contributed by atoms with Gasteiger partial charge in [-0.2, -0.15) is 0 Å². The molecule has 2 N–H and O–H groups in total. The molecule has 0 radical (unpaired) electrons. The molecule has 0 aromatic heterocycles. The number of hydrogen-bond acceptors (Lipinski definition) is 6. The Morgan fingerprint density at radius 1 is 1.21 bits per heavy atom. The highest BCUT2D eigenvalue weighted by molar-refractivity contribution is 5.88. The number of ether oxygens (including phenoxy) is 2. The second kappa shape index (κ2) is 10.1. The van der Waals surface area contributed by atoms with Gasteiger partial charge in [0.2, 0.25) is 5.91 Å². The van der Waals surface area contributed by atoms with Gasteiger partial charge in [0.25, 0.3) is 0 Å². The van der Waals surface area contributed by atoms with Crippen LogP contribution < -0.4 is 15.4 Å². The zero-order valence-corrected chi connectivity index (χ0v) is 16.9. The van der Waals surface area contributed by atoms with Crippen LogP contribution in [0.25, 0.3) is 0 Å². The summed E-state index contributed by atoms with van der Waals surface area (Å²) in [4.78, 5) is 37.8. The van der Waals surface area contributed by atoms with E-state index in [4.69, 9.17) is 9.47 Å². The van der Waals surface area contributed by atoms with E-state index in [2.05, 4.69) is 10.6 Å². The Labute approximate surface area is 165 Å². The van der Waals surface area contributed by atoms with Crippen molar-refractivity contribution in [2.45, 2.75) is 51.3 Å². The van der Waals surface area contributed by atoms with Crippen molar-refractivity contribution in [3.8, 4) is 5.75 Å². The van der Waals surface area contributed by atoms with Gasteiger partial charge in [0, 0.05) is 20.5 Å². The summed E-state index contributed by atoms with van der Waals surface area (Å²) in [6, 6.07) is 5.76. The molecule has 8 nitrogen and oxygen atoms in total. The van der Waals surface area contributed by atoms with Crippen LogP contribution in [0, 0.1) is 0 Å². The van der Waals surface area contributed by atoms with Gasteiger partial charge in [-0.3, -0.25) is 4.79 Å². The van der Waals surface area contributed by atoms with E-state index in [1.165, 1.54) is 4.90 Å². The molecular weight excluding hydrogens is 362 g/mol. The minimum atomic E-state index is -0.785. The molecule has 0 spiro atoms. The summed E-state index contributed by atoms with van der Waals surface area (Å²) >= 11 is 0. The second-order valence-electron chi connectivity index (χ2n) is 7.31. The fourth-order valence-electron chi connectivity index (χ4n) is 2.81. The van der Waals surface area contributed by atoms with Crippen molar-refractivity contribution in [2.75, 3.05) is 20.6 Å². The highest BCUT2D eigenvalue weighted by atomic mass is 16.6. The van der Waals surface area contributed by atoms with Gasteiger partial charge in [0.1, 0.15) is 11.8 Å². The minimum Gasteiger partial charge on any atom is -0.461 e. The monoisotopic (exact) mass is 391 g/mol. The SMILES string of the molecule is CC(C)OC(=O)[C@H](Cc1ccc(OC(=O)N(C)C)cc1)NC(=O)[C@@H]1CCCN1. The molecule has 1 heterocycles. The van der Waals surface area contributed by atoms with Crippen LogP contribution in [0.2, 0.25) is 0 Å². The van der Waals surface area contributed by atoms with Crippen LogP contribution >= 0.6 is 0 Å². The molecule has 1 fully saturated rings. The largest absolute Gasteiger partial charge is 0.461 e. The van der Waals surface area contributed by atoms with Crippen molar-refractivity contribution in [2.24, 2.45) is 0 Å². The van der Waals surface area contributed by atoms with Crippen molar-refractivity contribution in [3.05, 3.63) is 29.8 Å². The molecular formula is C20H29N3O5. The van der Waals surface area contributed by atoms with E-state index in [0.717, 1.165) is 24.9 Å². The van der Waals surface area contributed by atoms with Crippen LogP contribution in [0.1, 0.15) is 32.3 Å². The molecule has 2 rings (SSSR count). The first-order valence-electron chi connectivity index (χ1n) is 9.48. The smallest absolute Gasteiger partial charge is 0.414 e. The van der Waals surface area contributed by atoms with E-state index >= 15 is 0 Å². The average molecular weight is 391 g/mol. The van der Waals surface area contributed by atoms with Crippen molar-refractivity contribution in [1.29, 1.82) is 0 Å². The van der Waals surface area contributed by atoms with Crippen LogP contribution in [0.4, 0.5) is 4.79 Å². The number of nitrogens with one attached hydrogen (secondary N) is 2. The van der Waals surface area contributed by atoms with Gasteiger partial charge in [0.15, 0.2) is 0 Å². The summed E-state index contributed by atoms with van der Waals surface area (Å²) in [5.74, 6) is -0.257. The van der Waals surface area contributed by atoms with E-state index in [9.17, 15) is 14.4 Å². The lowest BCUT2D eigenvalue weighted by Crippen LogP contribution is -2.50. The van der Waals surface area contributed by atoms with Crippen LogP contribution in [-0.4, -0.2) is 61.7 Å². The number of carbonyl (C=O) groups excluding carboxylic acids is 3. The Morgan fingerprint density at radius 3 is 2.43 bits per heavy atom. The third-order valence-corrected chi connectivity index (χ3v) is 4.26. The van der Waals surface area contributed by atoms with E-state index < -0.39 is 18.1 Å². The number of benzene rings is 1. The standard InChI is InChI=1S/C20H29N3O5/c1-13(2)27-19(25)17(22-18(24)16-6-5-11-21-16)12-14-7-9-15(10-8-14)28-20(26)23(3)4/h7-10,13,16-17,21H,5-6,11-12H2,1-4H3,(H,22,24)/t16-,17-/m0/s1. The molecule has 0 aliphatic carbocycles. The van der Waals surface area contributed by atoms with Crippen LogP contribution in [-0.2, 0) is 20.7 Å². The number of carbonyl (C=O) groups is 3. The molecule has 8 heteroatoms. The van der Waals surface area contributed by atoms with Gasteiger partial charge >= 0.3 is 12.1 Å². The lowest BCUT2D eigenvalue weighted by molar-refractivity contribution is -0.151. The quantitative estimate of drug-likeness (QED) is 0.684. The summed E-state index contributed by atoms with van der Waals surface area (Å²) in [5.41, 5.74) is 0.815. The number of nitrogens with zero attached hydrogens (tertiary/aromatic N) is 1. The zero-order chi connectivity index (χ0) is 20.7. The molecule has 2 atom stereocenters. The first-order valence-corrected chi connectivity index (χ1v) is 9.48. The lowest BCUT2D eigenvalue weighted by atomic mass is 10.0. The normalized spacial score (nSPS) is 17.1. The maximum absolute atomic E-state index is 12.5. The molecule has 1 aliphatic heterocycles. The van der Waals surface area contributed by atoms with E-state index in [-0.39, 0.29) is 24.5 Å². The molecule has 154 valence electrons. The molecule has 1 aromatic rings. The Bertz CT molecular complexity index is 682. The van der Waals surface area contributed by atoms with E-state index in [0.29, 0.717) is 5.75 Å². The van der Waals surface area contributed by atoms with E-state index in [1.54, 1.807) is 52.2 Å². The Hall–Kier alpha value is -2.61. The van der Waals surface area contributed by atoms with Crippen LogP contribution in [0.5, 0.6) is 5.75 Å². The van der Waals surface area contributed by atoms with Gasteiger partial charge in [-0.25, -0.2) is 9.59 Å². The predicted molar refractivity (Wildman–Crippen MR) is 104 cm³/mol. The van der Waals surface area contributed by atoms with Crippen molar-refractivity contribution >= 4 is 18.0 Å². The topological polar surface area (TPSA) is 97.0 Å². The van der Waals surface area contributed by atoms with Crippen LogP contribution in [0.3, 0.4) is 0 Å². The highest BCUT2D eigenvalue weighted by Crippen LogP contribution is 2.15. The van der Waals surface area contributed by atoms with Gasteiger partial charge in [-0.15, -0.1) is 0 Å². The Morgan fingerprint density at radius 2 is 1.89 bits per heavy atom. The maximum atomic E-state index is 12.5. The number of esters is 1. The van der Waals surface area contributed by atoms with Crippen molar-refractivity contribution < 1.29 is 23.9 Å². The molecule has 0 unspecified atom stereocenters. The van der Waals surface area contributed by atoms with Gasteiger partial charge in [-0.1, -0.05) is 12.1 Å². The molecule has 1 aromatic carbocycles. The Kier molecular flexibility index (Phi) is 7.80. The molecule has 1 saturated heterocycles. The molecule has 28 heavy (non-hydrogen) atoms. The average Bonchev–Trinajstić information content (AvgIpc) is 3.16. The fourth-order valence-corrected chi connectivity index (χ4v) is 2.81. The minimum absolute atomic E-state index is 0.195. The molecule has 1 aliphatic rings. The first kappa shape index (κ1) is 21.7. The zero-order valence-electron chi connectivity index (χ0n) is 16.9. The Balaban J connectivity index is 2.04. The van der Waals surface area contributed by atoms with Gasteiger partial charge < -0.3 is 25.0 Å². The molecule has 0 bridgehead atoms. The third-order valence-electron chi connectivity index (χ3n) is 4.26. The summed E-state index contributed by atoms with van der Waals surface area (Å²) in [6.07, 6.45) is 1.23. The summed E-state index contributed by atoms with van der Waals surface area (Å²) < 4.78 is 10.5. The second-order valence-corrected chi connectivity index (χ2v) is 7.31. The predicted octanol–water partition coefficient (Wildman–Crippen LogP) is 1.48. The summed E-state index contributed by atoms with van der Waals surface area (Å²) in [7, 11) is 3.20. The summed E-state index contributed by atoms with van der Waals surface area (Å²) in [6.45, 7) is 4.33. The van der Waals surface area contributed by atoms with Gasteiger partial charge in [0.05, 0.1) is 12.1 Å². The summed E-state index contributed by atoms with van der Waals surface area (Å²) in [5, 5.41) is 5.93. The van der Waals surface area contributed by atoms with Crippen molar-refractivity contribution in [1.82, 2.24) is 15.5 Å². The molecule has 2 amide bonds. The first-order chi connectivity index (χ1) is 13.3. The number of hydrogen-bond donors (Lipinski definition) is 2. The lowest BCUT2D eigenvalue weighted by Gasteiger charge is -2.21. The van der Waals surface area contributed by atoms with E-state index in [1.807, 2.05) is 0 Å². The van der Waals surface area contributed by atoms with Crippen LogP contribution in [0.15, 0.2) is 24.3 Å². The maximum Gasteiger partial charge on any atom is 0.414 e. The van der Waals surface area contributed by atoms with Crippen molar-refractivity contribution in [3.63, 3.8) is 0 Å². The van der Waals surface area contributed by atoms with Gasteiger partial charge in [-0.05, 0) is 50.9 Å². The third kappa shape index (κ3) is 6.53. The highest BCUT2D eigenvalue weighted by Gasteiger charge is 2.28. The fraction of sp³-hybridized carbons (Fsp3) is 0.550. The number of rotatable bonds is 7.